The Hall–Kier alpha value is -4.34. The highest BCUT2D eigenvalue weighted by Gasteiger charge is 2.37. The highest BCUT2D eigenvalue weighted by atomic mass is 16.6. The van der Waals surface area contributed by atoms with Crippen molar-refractivity contribution in [1.82, 2.24) is 9.80 Å². The molecule has 2 aromatic carbocycles. The number of ether oxygens (including phenoxy) is 2. The van der Waals surface area contributed by atoms with E-state index in [9.17, 15) is 19.2 Å². The number of carbonyl (C=O) groups excluding carboxylic acids is 4. The van der Waals surface area contributed by atoms with Gasteiger partial charge in [0.05, 0.1) is 0 Å². The molecule has 44 heavy (non-hydrogen) atoms. The van der Waals surface area contributed by atoms with Crippen LogP contribution in [0.25, 0.3) is 12.2 Å². The number of anilines is 2. The van der Waals surface area contributed by atoms with Gasteiger partial charge >= 0.3 is 12.2 Å². The standard InChI is InChI=1S/C34H44N4O6/c1-33(2,3)43-31(41)37-21-7-9-27(37)29(39)35-25-17-13-23(14-18-25)11-12-24-15-19-26(20-16-24)36-30(40)28-10-8-22-38(28)32(42)44-34(4,5)6/h11-20,27-28H,7-10,21-22H2,1-6H3,(H,35,39)(H,36,40)/t27-,28-/m0/s1. The van der Waals surface area contributed by atoms with Gasteiger partial charge < -0.3 is 20.1 Å². The Balaban J connectivity index is 1.29. The second kappa shape index (κ2) is 13.5. The van der Waals surface area contributed by atoms with Gasteiger partial charge in [0.2, 0.25) is 11.8 Å². The van der Waals surface area contributed by atoms with Crippen molar-refractivity contribution in [1.29, 1.82) is 0 Å². The summed E-state index contributed by atoms with van der Waals surface area (Å²) in [5.74, 6) is -0.455. The lowest BCUT2D eigenvalue weighted by molar-refractivity contribution is -0.121. The van der Waals surface area contributed by atoms with Crippen molar-refractivity contribution in [2.45, 2.75) is 90.5 Å². The molecule has 2 aliphatic heterocycles. The van der Waals surface area contributed by atoms with Crippen molar-refractivity contribution >= 4 is 47.5 Å². The van der Waals surface area contributed by atoms with Crippen LogP contribution in [0.4, 0.5) is 21.0 Å². The minimum Gasteiger partial charge on any atom is -0.444 e. The van der Waals surface area contributed by atoms with Crippen LogP contribution >= 0.6 is 0 Å². The van der Waals surface area contributed by atoms with Gasteiger partial charge in [0, 0.05) is 24.5 Å². The maximum absolute atomic E-state index is 12.9. The summed E-state index contributed by atoms with van der Waals surface area (Å²) in [6.45, 7) is 11.8. The topological polar surface area (TPSA) is 117 Å². The second-order valence-electron chi connectivity index (χ2n) is 13.2. The van der Waals surface area contributed by atoms with E-state index in [0.717, 1.165) is 24.0 Å². The predicted molar refractivity (Wildman–Crippen MR) is 171 cm³/mol. The Morgan fingerprint density at radius 1 is 0.636 bits per heavy atom. The molecule has 4 amide bonds. The van der Waals surface area contributed by atoms with E-state index in [4.69, 9.17) is 9.47 Å². The fourth-order valence-corrected chi connectivity index (χ4v) is 5.16. The molecule has 0 aliphatic carbocycles. The van der Waals surface area contributed by atoms with E-state index in [2.05, 4.69) is 10.6 Å². The number of amides is 4. The molecule has 0 radical (unpaired) electrons. The third kappa shape index (κ3) is 9.08. The molecule has 2 N–H and O–H groups in total. The molecule has 2 heterocycles. The molecule has 0 aromatic heterocycles. The first kappa shape index (κ1) is 32.6. The first-order valence-electron chi connectivity index (χ1n) is 15.2. The Morgan fingerprint density at radius 2 is 0.977 bits per heavy atom. The lowest BCUT2D eigenvalue weighted by Gasteiger charge is -2.28. The molecule has 2 saturated heterocycles. The third-order valence-electron chi connectivity index (χ3n) is 7.19. The van der Waals surface area contributed by atoms with Crippen LogP contribution in [0.15, 0.2) is 48.5 Å². The number of benzene rings is 2. The molecule has 0 spiro atoms. The largest absolute Gasteiger partial charge is 0.444 e. The molecule has 10 heteroatoms. The van der Waals surface area contributed by atoms with Crippen LogP contribution in [0.1, 0.15) is 78.4 Å². The quantitative estimate of drug-likeness (QED) is 0.362. The van der Waals surface area contributed by atoms with E-state index in [1.54, 1.807) is 0 Å². The highest BCUT2D eigenvalue weighted by molar-refractivity contribution is 5.97. The number of nitrogens with one attached hydrogen (secondary N) is 2. The van der Waals surface area contributed by atoms with E-state index >= 15 is 0 Å². The molecule has 0 bridgehead atoms. The first-order chi connectivity index (χ1) is 20.7. The summed E-state index contributed by atoms with van der Waals surface area (Å²) in [6, 6.07) is 13.8. The maximum Gasteiger partial charge on any atom is 0.410 e. The molecule has 4 rings (SSSR count). The lowest BCUT2D eigenvalue weighted by Crippen LogP contribution is -2.45. The van der Waals surface area contributed by atoms with Crippen LogP contribution in [0.2, 0.25) is 0 Å². The van der Waals surface area contributed by atoms with E-state index in [0.29, 0.717) is 37.3 Å². The third-order valence-corrected chi connectivity index (χ3v) is 7.19. The Labute approximate surface area is 259 Å². The van der Waals surface area contributed by atoms with Gasteiger partial charge in [0.25, 0.3) is 0 Å². The number of likely N-dealkylation sites (tertiary alicyclic amines) is 2. The Morgan fingerprint density at radius 3 is 1.30 bits per heavy atom. The second-order valence-corrected chi connectivity index (χ2v) is 13.2. The normalized spacial score (nSPS) is 18.8. The van der Waals surface area contributed by atoms with Crippen LogP contribution < -0.4 is 10.6 Å². The summed E-state index contributed by atoms with van der Waals surface area (Å²) in [4.78, 5) is 53.9. The predicted octanol–water partition coefficient (Wildman–Crippen LogP) is 6.53. The monoisotopic (exact) mass is 604 g/mol. The van der Waals surface area contributed by atoms with E-state index in [-0.39, 0.29) is 11.8 Å². The maximum atomic E-state index is 12.9. The zero-order valence-corrected chi connectivity index (χ0v) is 26.5. The molecule has 236 valence electrons. The fourth-order valence-electron chi connectivity index (χ4n) is 5.16. The summed E-state index contributed by atoms with van der Waals surface area (Å²) in [7, 11) is 0. The SMILES string of the molecule is CC(C)(C)OC(=O)N1CCC[C@H]1C(=O)Nc1ccc(C=Cc2ccc(NC(=O)[C@@H]3CCCN3C(=O)OC(C)(C)C)cc2)cc1. The van der Waals surface area contributed by atoms with Crippen LogP contribution in [-0.4, -0.2) is 70.2 Å². The van der Waals surface area contributed by atoms with E-state index in [1.807, 2.05) is 102 Å². The van der Waals surface area contributed by atoms with Gasteiger partial charge in [0.15, 0.2) is 0 Å². The van der Waals surface area contributed by atoms with Gasteiger partial charge in [-0.3, -0.25) is 19.4 Å². The zero-order valence-electron chi connectivity index (χ0n) is 26.5. The highest BCUT2D eigenvalue weighted by Crippen LogP contribution is 2.24. The minimum absolute atomic E-state index is 0.227. The number of hydrogen-bond acceptors (Lipinski definition) is 6. The van der Waals surface area contributed by atoms with Crippen molar-refractivity contribution < 1.29 is 28.7 Å². The van der Waals surface area contributed by atoms with Gasteiger partial charge in [-0.05, 0) is 103 Å². The zero-order chi connectivity index (χ0) is 32.1. The molecule has 0 saturated carbocycles. The van der Waals surface area contributed by atoms with Crippen molar-refractivity contribution in [2.24, 2.45) is 0 Å². The molecule has 10 nitrogen and oxygen atoms in total. The van der Waals surface area contributed by atoms with E-state index < -0.39 is 35.5 Å². The number of nitrogens with zero attached hydrogens (tertiary/aromatic N) is 2. The van der Waals surface area contributed by atoms with Crippen molar-refractivity contribution in [3.8, 4) is 0 Å². The first-order valence-corrected chi connectivity index (χ1v) is 15.2. The van der Waals surface area contributed by atoms with Gasteiger partial charge in [-0.15, -0.1) is 0 Å². The average Bonchev–Trinajstić information content (AvgIpc) is 3.62. The van der Waals surface area contributed by atoms with Crippen molar-refractivity contribution in [3.05, 3.63) is 59.7 Å². The van der Waals surface area contributed by atoms with Crippen molar-refractivity contribution in [3.63, 3.8) is 0 Å². The van der Waals surface area contributed by atoms with Crippen LogP contribution in [0.5, 0.6) is 0 Å². The molecular formula is C34H44N4O6. The molecule has 2 aliphatic rings. The van der Waals surface area contributed by atoms with E-state index in [1.165, 1.54) is 9.80 Å². The summed E-state index contributed by atoms with van der Waals surface area (Å²) in [6.07, 6.45) is 5.67. The minimum atomic E-state index is -0.621. The molecule has 2 aromatic rings. The molecule has 2 atom stereocenters. The van der Waals surface area contributed by atoms with Gasteiger partial charge in [0.1, 0.15) is 23.3 Å². The number of hydrogen-bond donors (Lipinski definition) is 2. The number of carbonyl (C=O) groups is 4. The summed E-state index contributed by atoms with van der Waals surface area (Å²) in [5, 5.41) is 5.83. The summed E-state index contributed by atoms with van der Waals surface area (Å²) >= 11 is 0. The number of rotatable bonds is 6. The Bertz CT molecular complexity index is 1270. The van der Waals surface area contributed by atoms with Crippen LogP contribution in [0.3, 0.4) is 0 Å². The van der Waals surface area contributed by atoms with Crippen LogP contribution in [0, 0.1) is 0 Å². The van der Waals surface area contributed by atoms with Gasteiger partial charge in [-0.2, -0.15) is 0 Å². The summed E-state index contributed by atoms with van der Waals surface area (Å²) < 4.78 is 10.9. The fraction of sp³-hybridized carbons (Fsp3) is 0.471. The average molecular weight is 605 g/mol. The molecular weight excluding hydrogens is 560 g/mol. The smallest absolute Gasteiger partial charge is 0.410 e. The Kier molecular flexibility index (Phi) is 10.0. The van der Waals surface area contributed by atoms with Crippen molar-refractivity contribution in [2.75, 3.05) is 23.7 Å². The van der Waals surface area contributed by atoms with Gasteiger partial charge in [-0.25, -0.2) is 9.59 Å². The molecule has 0 unspecified atom stereocenters. The molecule has 2 fully saturated rings. The summed E-state index contributed by atoms with van der Waals surface area (Å²) in [5.41, 5.74) is 1.95. The lowest BCUT2D eigenvalue weighted by atomic mass is 10.1. The van der Waals surface area contributed by atoms with Gasteiger partial charge in [-0.1, -0.05) is 36.4 Å². The van der Waals surface area contributed by atoms with Crippen LogP contribution in [-0.2, 0) is 19.1 Å².